The summed E-state index contributed by atoms with van der Waals surface area (Å²) in [7, 11) is 0. The molecular weight excluding hydrogens is 190 g/mol. The van der Waals surface area contributed by atoms with Gasteiger partial charge < -0.3 is 10.0 Å². The molecule has 0 amide bonds. The molecule has 0 bridgehead atoms. The average molecular weight is 211 g/mol. The molecule has 1 fully saturated rings. The van der Waals surface area contributed by atoms with Crippen LogP contribution in [0, 0.1) is 0 Å². The van der Waals surface area contributed by atoms with Crippen LogP contribution in [-0.4, -0.2) is 35.1 Å². The van der Waals surface area contributed by atoms with Gasteiger partial charge in [-0.3, -0.25) is 0 Å². The Morgan fingerprint density at radius 2 is 1.93 bits per heavy atom. The van der Waals surface area contributed by atoms with Crippen LogP contribution >= 0.6 is 0 Å². The molecule has 15 heavy (non-hydrogen) atoms. The molecule has 0 spiro atoms. The summed E-state index contributed by atoms with van der Waals surface area (Å²) in [5.41, 5.74) is 1.10. The molecule has 1 saturated carbocycles. The van der Waals surface area contributed by atoms with E-state index in [1.165, 1.54) is 6.08 Å². The Hall–Kier alpha value is -0.830. The minimum Gasteiger partial charge on any atom is -0.478 e. The highest BCUT2D eigenvalue weighted by Crippen LogP contribution is 2.26. The van der Waals surface area contributed by atoms with Crippen molar-refractivity contribution in [2.45, 2.75) is 45.6 Å². The number of carboxylic acid groups (broad SMARTS) is 1. The van der Waals surface area contributed by atoms with E-state index in [2.05, 4.69) is 18.7 Å². The third kappa shape index (κ3) is 3.67. The van der Waals surface area contributed by atoms with Gasteiger partial charge in [0.05, 0.1) is 0 Å². The Morgan fingerprint density at radius 3 is 2.33 bits per heavy atom. The molecule has 3 nitrogen and oxygen atoms in total. The molecule has 0 aromatic rings. The Labute approximate surface area is 91.8 Å². The van der Waals surface area contributed by atoms with Crippen LogP contribution in [-0.2, 0) is 4.79 Å². The third-order valence-corrected chi connectivity index (χ3v) is 3.25. The van der Waals surface area contributed by atoms with Crippen molar-refractivity contribution < 1.29 is 9.90 Å². The van der Waals surface area contributed by atoms with Gasteiger partial charge in [0.1, 0.15) is 0 Å². The fraction of sp³-hybridized carbons (Fsp3) is 0.750. The maximum absolute atomic E-state index is 10.5. The highest BCUT2D eigenvalue weighted by molar-refractivity contribution is 5.80. The Balaban J connectivity index is 2.45. The quantitative estimate of drug-likeness (QED) is 0.725. The lowest BCUT2D eigenvalue weighted by molar-refractivity contribution is -0.131. The third-order valence-electron chi connectivity index (χ3n) is 3.25. The van der Waals surface area contributed by atoms with Crippen LogP contribution < -0.4 is 0 Å². The first kappa shape index (κ1) is 12.2. The van der Waals surface area contributed by atoms with Gasteiger partial charge in [-0.2, -0.15) is 0 Å². The minimum absolute atomic E-state index is 0.658. The fourth-order valence-corrected chi connectivity index (χ4v) is 2.40. The first-order valence-electron chi connectivity index (χ1n) is 5.83. The summed E-state index contributed by atoms with van der Waals surface area (Å²) in [4.78, 5) is 13.0. The highest BCUT2D eigenvalue weighted by atomic mass is 16.4. The van der Waals surface area contributed by atoms with Crippen LogP contribution in [0.3, 0.4) is 0 Å². The number of carbonyl (C=O) groups is 1. The van der Waals surface area contributed by atoms with Crippen molar-refractivity contribution in [2.75, 3.05) is 13.1 Å². The molecule has 0 saturated heterocycles. The zero-order chi connectivity index (χ0) is 11.3. The van der Waals surface area contributed by atoms with E-state index in [-0.39, 0.29) is 0 Å². The number of nitrogens with zero attached hydrogens (tertiary/aromatic N) is 1. The van der Waals surface area contributed by atoms with Crippen LogP contribution in [0.25, 0.3) is 0 Å². The van der Waals surface area contributed by atoms with Crippen molar-refractivity contribution >= 4 is 5.97 Å². The van der Waals surface area contributed by atoms with Gasteiger partial charge in [0.2, 0.25) is 0 Å². The maximum Gasteiger partial charge on any atom is 0.328 e. The number of hydrogen-bond acceptors (Lipinski definition) is 2. The van der Waals surface area contributed by atoms with Gasteiger partial charge >= 0.3 is 5.97 Å². The van der Waals surface area contributed by atoms with Crippen molar-refractivity contribution in [3.05, 3.63) is 11.6 Å². The zero-order valence-electron chi connectivity index (χ0n) is 9.70. The number of aliphatic carboxylic acids is 1. The van der Waals surface area contributed by atoms with E-state index in [1.54, 1.807) is 0 Å². The van der Waals surface area contributed by atoms with E-state index in [0.29, 0.717) is 6.04 Å². The predicted molar refractivity (Wildman–Crippen MR) is 60.9 cm³/mol. The average Bonchev–Trinajstić information content (AvgIpc) is 2.21. The molecule has 1 rings (SSSR count). The summed E-state index contributed by atoms with van der Waals surface area (Å²) in [5.74, 6) is -0.800. The summed E-state index contributed by atoms with van der Waals surface area (Å²) in [6.07, 6.45) is 5.51. The molecule has 1 aliphatic carbocycles. The number of carboxylic acids is 1. The Morgan fingerprint density at radius 1 is 1.40 bits per heavy atom. The van der Waals surface area contributed by atoms with E-state index in [0.717, 1.165) is 44.3 Å². The van der Waals surface area contributed by atoms with E-state index < -0.39 is 5.97 Å². The van der Waals surface area contributed by atoms with E-state index in [4.69, 9.17) is 5.11 Å². The van der Waals surface area contributed by atoms with E-state index in [9.17, 15) is 4.79 Å². The number of hydrogen-bond donors (Lipinski definition) is 1. The maximum atomic E-state index is 10.5. The lowest BCUT2D eigenvalue weighted by atomic mass is 9.89. The monoisotopic (exact) mass is 211 g/mol. The van der Waals surface area contributed by atoms with Crippen molar-refractivity contribution in [2.24, 2.45) is 0 Å². The number of rotatable bonds is 4. The van der Waals surface area contributed by atoms with Crippen molar-refractivity contribution in [1.29, 1.82) is 0 Å². The molecule has 0 radical (unpaired) electrons. The largest absolute Gasteiger partial charge is 0.478 e. The summed E-state index contributed by atoms with van der Waals surface area (Å²) < 4.78 is 0. The second-order valence-electron chi connectivity index (χ2n) is 4.09. The molecule has 0 aliphatic heterocycles. The summed E-state index contributed by atoms with van der Waals surface area (Å²) in [5, 5.41) is 8.65. The normalized spacial score (nSPS) is 21.8. The van der Waals surface area contributed by atoms with Gasteiger partial charge in [0.25, 0.3) is 0 Å². The molecule has 3 heteroatoms. The fourth-order valence-electron chi connectivity index (χ4n) is 2.40. The second-order valence-corrected chi connectivity index (χ2v) is 4.09. The second kappa shape index (κ2) is 5.91. The first-order valence-corrected chi connectivity index (χ1v) is 5.83. The van der Waals surface area contributed by atoms with Crippen molar-refractivity contribution in [3.8, 4) is 0 Å². The Kier molecular flexibility index (Phi) is 4.82. The van der Waals surface area contributed by atoms with Gasteiger partial charge in [0, 0.05) is 12.1 Å². The van der Waals surface area contributed by atoms with Gasteiger partial charge in [-0.1, -0.05) is 19.4 Å². The molecule has 1 aliphatic rings. The lowest BCUT2D eigenvalue weighted by Crippen LogP contribution is -2.36. The van der Waals surface area contributed by atoms with Crippen LogP contribution in [0.15, 0.2) is 11.6 Å². The lowest BCUT2D eigenvalue weighted by Gasteiger charge is -2.33. The first-order chi connectivity index (χ1) is 7.17. The zero-order valence-corrected chi connectivity index (χ0v) is 9.70. The van der Waals surface area contributed by atoms with Crippen molar-refractivity contribution in [3.63, 3.8) is 0 Å². The van der Waals surface area contributed by atoms with Crippen LogP contribution in [0.5, 0.6) is 0 Å². The smallest absolute Gasteiger partial charge is 0.328 e. The predicted octanol–water partition coefficient (Wildman–Crippen LogP) is 2.28. The van der Waals surface area contributed by atoms with Crippen LogP contribution in [0.1, 0.15) is 39.5 Å². The standard InChI is InChI=1S/C12H21NO2/c1-3-13(4-2)11-7-5-10(6-8-11)9-12(14)15/h9,11H,3-8H2,1-2H3,(H,14,15). The topological polar surface area (TPSA) is 40.5 Å². The van der Waals surface area contributed by atoms with Gasteiger partial charge in [-0.25, -0.2) is 4.79 Å². The van der Waals surface area contributed by atoms with Crippen molar-refractivity contribution in [1.82, 2.24) is 4.90 Å². The van der Waals surface area contributed by atoms with Crippen LogP contribution in [0.4, 0.5) is 0 Å². The minimum atomic E-state index is -0.800. The molecule has 1 N–H and O–H groups in total. The summed E-state index contributed by atoms with van der Waals surface area (Å²) in [6.45, 7) is 6.57. The number of allylic oxidation sites excluding steroid dienone is 1. The molecule has 0 aromatic carbocycles. The molecule has 0 aromatic heterocycles. The van der Waals surface area contributed by atoms with Gasteiger partial charge in [-0.15, -0.1) is 0 Å². The molecule has 0 unspecified atom stereocenters. The molecule has 0 heterocycles. The van der Waals surface area contributed by atoms with Gasteiger partial charge in [-0.05, 0) is 38.8 Å². The summed E-state index contributed by atoms with van der Waals surface area (Å²) in [6, 6.07) is 0.658. The van der Waals surface area contributed by atoms with Gasteiger partial charge in [0.15, 0.2) is 0 Å². The van der Waals surface area contributed by atoms with Crippen LogP contribution in [0.2, 0.25) is 0 Å². The summed E-state index contributed by atoms with van der Waals surface area (Å²) >= 11 is 0. The highest BCUT2D eigenvalue weighted by Gasteiger charge is 2.20. The SMILES string of the molecule is CCN(CC)C1CCC(=CC(=O)O)CC1. The van der Waals surface area contributed by atoms with E-state index >= 15 is 0 Å². The van der Waals surface area contributed by atoms with E-state index in [1.807, 2.05) is 0 Å². The molecule has 86 valence electrons. The Bertz CT molecular complexity index is 234. The molecular formula is C12H21NO2. The molecule has 0 atom stereocenters.